The van der Waals surface area contributed by atoms with Crippen molar-refractivity contribution in [2.24, 2.45) is 0 Å². The van der Waals surface area contributed by atoms with Gasteiger partial charge >= 0.3 is 6.03 Å². The molecule has 5 heteroatoms. The average Bonchev–Trinajstić information content (AvgIpc) is 2.42. The van der Waals surface area contributed by atoms with Crippen LogP contribution < -0.4 is 10.6 Å². The number of carbonyl (C=O) groups is 1. The summed E-state index contributed by atoms with van der Waals surface area (Å²) >= 11 is 0. The molecule has 0 spiro atoms. The zero-order valence-corrected chi connectivity index (χ0v) is 11.4. The normalized spacial score (nSPS) is 11.8. The molecule has 2 rings (SSSR count). The Morgan fingerprint density at radius 3 is 2.40 bits per heavy atom. The third-order valence-corrected chi connectivity index (χ3v) is 2.80. The molecule has 0 aliphatic carbocycles. The van der Waals surface area contributed by atoms with Gasteiger partial charge < -0.3 is 10.4 Å². The number of aliphatic hydroxyl groups excluding tert-OH is 1. The number of hydrogen-bond acceptors (Lipinski definition) is 3. The summed E-state index contributed by atoms with van der Waals surface area (Å²) in [5.74, 6) is 0.494. The van der Waals surface area contributed by atoms with Gasteiger partial charge in [0, 0.05) is 11.9 Å². The Kier molecular flexibility index (Phi) is 4.32. The van der Waals surface area contributed by atoms with Gasteiger partial charge in [0.25, 0.3) is 0 Å². The first-order chi connectivity index (χ1) is 9.54. The SMILES string of the molecule is Cc1ccc(NC(=O)Nc2ccc(C(C)O)cc2)nc1. The largest absolute Gasteiger partial charge is 0.389 e. The van der Waals surface area contributed by atoms with E-state index in [0.29, 0.717) is 11.5 Å². The van der Waals surface area contributed by atoms with Crippen molar-refractivity contribution in [2.75, 3.05) is 10.6 Å². The summed E-state index contributed by atoms with van der Waals surface area (Å²) < 4.78 is 0. The number of aliphatic hydroxyl groups is 1. The molecule has 0 aliphatic rings. The monoisotopic (exact) mass is 271 g/mol. The molecule has 0 fully saturated rings. The highest BCUT2D eigenvalue weighted by Gasteiger charge is 2.04. The number of aromatic nitrogens is 1. The van der Waals surface area contributed by atoms with Crippen LogP contribution in [-0.4, -0.2) is 16.1 Å². The molecule has 1 heterocycles. The van der Waals surface area contributed by atoms with Crippen molar-refractivity contribution in [1.29, 1.82) is 0 Å². The van der Waals surface area contributed by atoms with Gasteiger partial charge in [-0.2, -0.15) is 0 Å². The number of benzene rings is 1. The van der Waals surface area contributed by atoms with Crippen molar-refractivity contribution in [3.05, 3.63) is 53.7 Å². The Labute approximate surface area is 117 Å². The number of nitrogens with one attached hydrogen (secondary N) is 2. The van der Waals surface area contributed by atoms with Crippen LogP contribution in [-0.2, 0) is 0 Å². The van der Waals surface area contributed by atoms with E-state index in [1.165, 1.54) is 0 Å². The van der Waals surface area contributed by atoms with Gasteiger partial charge in [-0.25, -0.2) is 9.78 Å². The van der Waals surface area contributed by atoms with Gasteiger partial charge in [0.15, 0.2) is 0 Å². The topological polar surface area (TPSA) is 74.2 Å². The van der Waals surface area contributed by atoms with Crippen molar-refractivity contribution >= 4 is 17.5 Å². The van der Waals surface area contributed by atoms with Gasteiger partial charge in [-0.3, -0.25) is 5.32 Å². The van der Waals surface area contributed by atoms with Gasteiger partial charge in [0.05, 0.1) is 6.10 Å². The first-order valence-corrected chi connectivity index (χ1v) is 6.33. The fourth-order valence-electron chi connectivity index (χ4n) is 1.67. The first-order valence-electron chi connectivity index (χ1n) is 6.33. The molecule has 1 aromatic carbocycles. The van der Waals surface area contributed by atoms with Crippen molar-refractivity contribution < 1.29 is 9.90 Å². The zero-order valence-electron chi connectivity index (χ0n) is 11.4. The Balaban J connectivity index is 1.95. The molecule has 2 aromatic rings. The van der Waals surface area contributed by atoms with Crippen LogP contribution in [0.1, 0.15) is 24.2 Å². The highest BCUT2D eigenvalue weighted by Crippen LogP contribution is 2.15. The predicted molar refractivity (Wildman–Crippen MR) is 78.7 cm³/mol. The Morgan fingerprint density at radius 1 is 1.15 bits per heavy atom. The molecule has 0 radical (unpaired) electrons. The van der Waals surface area contributed by atoms with Crippen LogP contribution >= 0.6 is 0 Å². The molecule has 0 aliphatic heterocycles. The fourth-order valence-corrected chi connectivity index (χ4v) is 1.67. The van der Waals surface area contributed by atoms with E-state index in [1.807, 2.05) is 13.0 Å². The lowest BCUT2D eigenvalue weighted by molar-refractivity contribution is 0.199. The predicted octanol–water partition coefficient (Wildman–Crippen LogP) is 3.09. The quantitative estimate of drug-likeness (QED) is 0.803. The Morgan fingerprint density at radius 2 is 1.85 bits per heavy atom. The number of hydrogen-bond donors (Lipinski definition) is 3. The third-order valence-electron chi connectivity index (χ3n) is 2.80. The summed E-state index contributed by atoms with van der Waals surface area (Å²) in [6, 6.07) is 10.3. The van der Waals surface area contributed by atoms with E-state index in [9.17, 15) is 9.90 Å². The first kappa shape index (κ1) is 14.0. The van der Waals surface area contributed by atoms with Gasteiger partial charge in [-0.15, -0.1) is 0 Å². The summed E-state index contributed by atoms with van der Waals surface area (Å²) in [6.07, 6.45) is 1.17. The number of carbonyl (C=O) groups excluding carboxylic acids is 1. The molecular formula is C15H17N3O2. The van der Waals surface area contributed by atoms with E-state index in [-0.39, 0.29) is 6.03 Å². The molecule has 2 amide bonds. The van der Waals surface area contributed by atoms with E-state index >= 15 is 0 Å². The Bertz CT molecular complexity index is 577. The van der Waals surface area contributed by atoms with Crippen LogP contribution in [0.2, 0.25) is 0 Å². The minimum absolute atomic E-state index is 0.355. The smallest absolute Gasteiger partial charge is 0.324 e. The van der Waals surface area contributed by atoms with E-state index in [0.717, 1.165) is 11.1 Å². The number of rotatable bonds is 3. The minimum atomic E-state index is -0.519. The highest BCUT2D eigenvalue weighted by atomic mass is 16.3. The molecule has 20 heavy (non-hydrogen) atoms. The molecule has 1 aromatic heterocycles. The molecule has 0 saturated heterocycles. The summed E-state index contributed by atoms with van der Waals surface area (Å²) in [5, 5.41) is 14.7. The summed E-state index contributed by atoms with van der Waals surface area (Å²) in [6.45, 7) is 3.62. The number of urea groups is 1. The maximum atomic E-state index is 11.8. The van der Waals surface area contributed by atoms with Gasteiger partial charge in [0.2, 0.25) is 0 Å². The molecule has 104 valence electrons. The van der Waals surface area contributed by atoms with Gasteiger partial charge in [-0.05, 0) is 43.2 Å². The van der Waals surface area contributed by atoms with Crippen LogP contribution in [0.3, 0.4) is 0 Å². The van der Waals surface area contributed by atoms with Crippen molar-refractivity contribution in [3.8, 4) is 0 Å². The van der Waals surface area contributed by atoms with Gasteiger partial charge in [-0.1, -0.05) is 18.2 Å². The van der Waals surface area contributed by atoms with Crippen molar-refractivity contribution in [2.45, 2.75) is 20.0 Å². The second kappa shape index (κ2) is 6.16. The van der Waals surface area contributed by atoms with Crippen LogP contribution in [0.4, 0.5) is 16.3 Å². The van der Waals surface area contributed by atoms with E-state index in [4.69, 9.17) is 0 Å². The number of anilines is 2. The zero-order chi connectivity index (χ0) is 14.5. The van der Waals surface area contributed by atoms with Gasteiger partial charge in [0.1, 0.15) is 5.82 Å². The second-order valence-corrected chi connectivity index (χ2v) is 4.60. The van der Waals surface area contributed by atoms with E-state index in [2.05, 4.69) is 15.6 Å². The van der Waals surface area contributed by atoms with Crippen LogP contribution in [0.15, 0.2) is 42.6 Å². The maximum Gasteiger partial charge on any atom is 0.324 e. The van der Waals surface area contributed by atoms with Crippen molar-refractivity contribution in [3.63, 3.8) is 0 Å². The van der Waals surface area contributed by atoms with Crippen LogP contribution in [0, 0.1) is 6.92 Å². The van der Waals surface area contributed by atoms with E-state index < -0.39 is 6.10 Å². The summed E-state index contributed by atoms with van der Waals surface area (Å²) in [7, 11) is 0. The molecule has 5 nitrogen and oxygen atoms in total. The maximum absolute atomic E-state index is 11.8. The number of pyridine rings is 1. The summed E-state index contributed by atoms with van der Waals surface area (Å²) in [4.78, 5) is 15.9. The fraction of sp³-hybridized carbons (Fsp3) is 0.200. The third kappa shape index (κ3) is 3.80. The molecule has 1 atom stereocenters. The van der Waals surface area contributed by atoms with E-state index in [1.54, 1.807) is 43.5 Å². The molecule has 3 N–H and O–H groups in total. The van der Waals surface area contributed by atoms with Crippen molar-refractivity contribution in [1.82, 2.24) is 4.98 Å². The number of nitrogens with zero attached hydrogens (tertiary/aromatic N) is 1. The molecular weight excluding hydrogens is 254 g/mol. The average molecular weight is 271 g/mol. The highest BCUT2D eigenvalue weighted by molar-refractivity contribution is 5.99. The molecule has 1 unspecified atom stereocenters. The Hall–Kier alpha value is -2.40. The molecule has 0 saturated carbocycles. The standard InChI is InChI=1S/C15H17N3O2/c1-10-3-8-14(16-9-10)18-15(20)17-13-6-4-12(5-7-13)11(2)19/h3-9,11,19H,1-2H3,(H2,16,17,18,20). The lowest BCUT2D eigenvalue weighted by atomic mass is 10.1. The lowest BCUT2D eigenvalue weighted by Crippen LogP contribution is -2.20. The molecule has 0 bridgehead atoms. The van der Waals surface area contributed by atoms with Crippen LogP contribution in [0.5, 0.6) is 0 Å². The van der Waals surface area contributed by atoms with Crippen LogP contribution in [0.25, 0.3) is 0 Å². The lowest BCUT2D eigenvalue weighted by Gasteiger charge is -2.09. The minimum Gasteiger partial charge on any atom is -0.389 e. The second-order valence-electron chi connectivity index (χ2n) is 4.60. The summed E-state index contributed by atoms with van der Waals surface area (Å²) in [5.41, 5.74) is 2.49. The number of amides is 2. The number of aryl methyl sites for hydroxylation is 1.